The highest BCUT2D eigenvalue weighted by molar-refractivity contribution is 5.73. The third-order valence-corrected chi connectivity index (χ3v) is 4.29. The van der Waals surface area contributed by atoms with Crippen molar-refractivity contribution in [1.29, 1.82) is 0 Å². The van der Waals surface area contributed by atoms with E-state index in [1.165, 1.54) is 0 Å². The fraction of sp³-hybridized carbons (Fsp3) is 0.444. The smallest absolute Gasteiger partial charge is 0.247 e. The van der Waals surface area contributed by atoms with Gasteiger partial charge in [-0.1, -0.05) is 0 Å². The Morgan fingerprint density at radius 3 is 2.52 bits per heavy atom. The van der Waals surface area contributed by atoms with Gasteiger partial charge in [-0.05, 0) is 24.3 Å². The predicted octanol–water partition coefficient (Wildman–Crippen LogP) is 1.04. The van der Waals surface area contributed by atoms with Crippen LogP contribution in [0.4, 0.5) is 11.8 Å². The zero-order valence-electron chi connectivity index (χ0n) is 15.6. The molecule has 144 valence electrons. The number of carbonyl (C=O) groups is 1. The van der Waals surface area contributed by atoms with E-state index in [-0.39, 0.29) is 5.91 Å². The third-order valence-electron chi connectivity index (χ3n) is 4.29. The summed E-state index contributed by atoms with van der Waals surface area (Å²) in [5.74, 6) is 2.89. The quantitative estimate of drug-likeness (QED) is 0.721. The van der Waals surface area contributed by atoms with Crippen molar-refractivity contribution in [1.82, 2.24) is 20.1 Å². The van der Waals surface area contributed by atoms with E-state index in [0.29, 0.717) is 51.1 Å². The van der Waals surface area contributed by atoms with Crippen LogP contribution in [0, 0.1) is 0 Å². The van der Waals surface area contributed by atoms with Crippen LogP contribution in [-0.2, 0) is 4.79 Å². The lowest BCUT2D eigenvalue weighted by atomic mass is 10.3. The molecule has 3 rings (SSSR count). The van der Waals surface area contributed by atoms with Crippen LogP contribution in [0.2, 0.25) is 0 Å². The van der Waals surface area contributed by atoms with Gasteiger partial charge in [0, 0.05) is 33.1 Å². The van der Waals surface area contributed by atoms with Gasteiger partial charge in [-0.15, -0.1) is 5.10 Å². The average Bonchev–Trinajstić information content (AvgIpc) is 2.72. The number of piperazine rings is 1. The molecule has 0 aliphatic carbocycles. The molecule has 0 spiro atoms. The van der Waals surface area contributed by atoms with Gasteiger partial charge < -0.3 is 24.6 Å². The first-order chi connectivity index (χ1) is 13.2. The number of anilines is 2. The maximum atomic E-state index is 11.4. The molecule has 27 heavy (non-hydrogen) atoms. The van der Waals surface area contributed by atoms with Crippen LogP contribution in [0.15, 0.2) is 30.5 Å². The van der Waals surface area contributed by atoms with Crippen LogP contribution >= 0.6 is 0 Å². The highest BCUT2D eigenvalue weighted by atomic mass is 16.5. The Labute approximate surface area is 158 Å². The Hall–Kier alpha value is -3.10. The summed E-state index contributed by atoms with van der Waals surface area (Å²) in [6.07, 6.45) is 1.59. The zero-order chi connectivity index (χ0) is 19.1. The maximum Gasteiger partial charge on any atom is 0.247 e. The lowest BCUT2D eigenvalue weighted by molar-refractivity contribution is -0.129. The van der Waals surface area contributed by atoms with Crippen molar-refractivity contribution in [2.45, 2.75) is 6.92 Å². The first-order valence-electron chi connectivity index (χ1n) is 8.86. The Balaban J connectivity index is 1.45. The number of nitrogens with one attached hydrogen (secondary N) is 1. The van der Waals surface area contributed by atoms with Crippen molar-refractivity contribution < 1.29 is 14.3 Å². The number of hydrogen-bond acceptors (Lipinski definition) is 8. The fourth-order valence-corrected chi connectivity index (χ4v) is 2.75. The fourth-order valence-electron chi connectivity index (χ4n) is 2.75. The van der Waals surface area contributed by atoms with Gasteiger partial charge in [-0.25, -0.2) is 0 Å². The summed E-state index contributed by atoms with van der Waals surface area (Å²) in [5, 5.41) is 11.3. The minimum atomic E-state index is 0.0981. The molecule has 9 heteroatoms. The van der Waals surface area contributed by atoms with E-state index >= 15 is 0 Å². The van der Waals surface area contributed by atoms with Crippen molar-refractivity contribution in [3.05, 3.63) is 30.5 Å². The lowest BCUT2D eigenvalue weighted by Gasteiger charge is -2.33. The van der Waals surface area contributed by atoms with Crippen LogP contribution < -0.4 is 19.7 Å². The van der Waals surface area contributed by atoms with Crippen molar-refractivity contribution in [3.8, 4) is 11.5 Å². The molecule has 2 aromatic rings. The summed E-state index contributed by atoms with van der Waals surface area (Å²) in [5.41, 5.74) is 0. The monoisotopic (exact) mass is 372 g/mol. The molecule has 1 aliphatic rings. The Morgan fingerprint density at radius 1 is 1.15 bits per heavy atom. The number of carbonyl (C=O) groups excluding carboxylic acids is 1. The first kappa shape index (κ1) is 18.7. The SMILES string of the molecule is COc1ccc(OCCNc2cnnc(N3CCN(C(C)=O)CC3)n2)cc1. The summed E-state index contributed by atoms with van der Waals surface area (Å²) < 4.78 is 10.8. The second kappa shape index (κ2) is 9.02. The Kier molecular flexibility index (Phi) is 6.24. The van der Waals surface area contributed by atoms with E-state index in [9.17, 15) is 4.79 Å². The van der Waals surface area contributed by atoms with Crippen molar-refractivity contribution in [2.24, 2.45) is 0 Å². The van der Waals surface area contributed by atoms with Crippen molar-refractivity contribution in [3.63, 3.8) is 0 Å². The van der Waals surface area contributed by atoms with E-state index in [4.69, 9.17) is 9.47 Å². The number of aromatic nitrogens is 3. The number of nitrogens with zero attached hydrogens (tertiary/aromatic N) is 5. The number of amides is 1. The molecular weight excluding hydrogens is 348 g/mol. The molecule has 2 heterocycles. The summed E-state index contributed by atoms with van der Waals surface area (Å²) in [4.78, 5) is 19.8. The number of methoxy groups -OCH3 is 1. The van der Waals surface area contributed by atoms with Crippen LogP contribution in [0.3, 0.4) is 0 Å². The van der Waals surface area contributed by atoms with Crippen LogP contribution in [-0.4, -0.2) is 72.4 Å². The normalized spacial score (nSPS) is 14.0. The van der Waals surface area contributed by atoms with E-state index in [2.05, 4.69) is 20.5 Å². The summed E-state index contributed by atoms with van der Waals surface area (Å²) in [6.45, 7) is 5.41. The van der Waals surface area contributed by atoms with Gasteiger partial charge in [0.15, 0.2) is 5.82 Å². The van der Waals surface area contributed by atoms with Gasteiger partial charge in [0.2, 0.25) is 11.9 Å². The molecule has 1 aromatic heterocycles. The molecule has 0 unspecified atom stereocenters. The average molecular weight is 372 g/mol. The topological polar surface area (TPSA) is 92.7 Å². The van der Waals surface area contributed by atoms with Gasteiger partial charge >= 0.3 is 0 Å². The molecule has 1 aliphatic heterocycles. The number of hydrogen-bond donors (Lipinski definition) is 1. The molecule has 0 atom stereocenters. The standard InChI is InChI=1S/C18H24N6O3/c1-14(25)23-8-10-24(11-9-23)18-21-17(13-20-22-18)19-7-12-27-16-5-3-15(26-2)4-6-16/h3-6,13H,7-12H2,1-2H3,(H,19,21,22). The van der Waals surface area contributed by atoms with E-state index in [0.717, 1.165) is 11.5 Å². The molecule has 1 amide bonds. The number of benzene rings is 1. The maximum absolute atomic E-state index is 11.4. The largest absolute Gasteiger partial charge is 0.497 e. The zero-order valence-corrected chi connectivity index (χ0v) is 15.6. The van der Waals surface area contributed by atoms with Gasteiger partial charge in [-0.3, -0.25) is 4.79 Å². The van der Waals surface area contributed by atoms with E-state index in [1.807, 2.05) is 34.1 Å². The minimum Gasteiger partial charge on any atom is -0.497 e. The molecule has 0 radical (unpaired) electrons. The third kappa shape index (κ3) is 5.19. The molecule has 1 fully saturated rings. The van der Waals surface area contributed by atoms with Gasteiger partial charge in [-0.2, -0.15) is 10.1 Å². The van der Waals surface area contributed by atoms with Crippen LogP contribution in [0.5, 0.6) is 11.5 Å². The highest BCUT2D eigenvalue weighted by Crippen LogP contribution is 2.17. The van der Waals surface area contributed by atoms with Gasteiger partial charge in [0.25, 0.3) is 0 Å². The van der Waals surface area contributed by atoms with E-state index in [1.54, 1.807) is 20.2 Å². The highest BCUT2D eigenvalue weighted by Gasteiger charge is 2.20. The molecule has 9 nitrogen and oxygen atoms in total. The summed E-state index contributed by atoms with van der Waals surface area (Å²) >= 11 is 0. The van der Waals surface area contributed by atoms with Crippen LogP contribution in [0.25, 0.3) is 0 Å². The summed E-state index contributed by atoms with van der Waals surface area (Å²) in [7, 11) is 1.63. The molecule has 1 N–H and O–H groups in total. The molecule has 1 saturated heterocycles. The van der Waals surface area contributed by atoms with Crippen molar-refractivity contribution in [2.75, 3.05) is 56.7 Å². The summed E-state index contributed by atoms with van der Waals surface area (Å²) in [6, 6.07) is 7.44. The Morgan fingerprint density at radius 2 is 1.85 bits per heavy atom. The minimum absolute atomic E-state index is 0.0981. The first-order valence-corrected chi connectivity index (χ1v) is 8.86. The number of rotatable bonds is 7. The van der Waals surface area contributed by atoms with Crippen LogP contribution in [0.1, 0.15) is 6.92 Å². The van der Waals surface area contributed by atoms with Crippen molar-refractivity contribution >= 4 is 17.7 Å². The Bertz CT molecular complexity index is 747. The second-order valence-corrected chi connectivity index (χ2v) is 6.09. The van der Waals surface area contributed by atoms with Gasteiger partial charge in [0.05, 0.1) is 19.9 Å². The molecule has 0 saturated carbocycles. The molecule has 0 bridgehead atoms. The van der Waals surface area contributed by atoms with Gasteiger partial charge in [0.1, 0.15) is 18.1 Å². The molecule has 1 aromatic carbocycles. The second-order valence-electron chi connectivity index (χ2n) is 6.09. The predicted molar refractivity (Wildman–Crippen MR) is 101 cm³/mol. The number of ether oxygens (including phenoxy) is 2. The molecular formula is C18H24N6O3. The lowest BCUT2D eigenvalue weighted by Crippen LogP contribution is -2.48. The van der Waals surface area contributed by atoms with E-state index < -0.39 is 0 Å².